The minimum atomic E-state index is 0.759. The molecular weight excluding hydrogens is 352 g/mol. The van der Waals surface area contributed by atoms with Crippen molar-refractivity contribution >= 4 is 23.4 Å². The largest absolute Gasteiger partial charge is 0.488 e. The van der Waals surface area contributed by atoms with Gasteiger partial charge in [-0.05, 0) is 56.1 Å². The molecule has 2 aliphatic heterocycles. The number of carbonyl (C=O) groups excluding carboxylic acids is 1. The molecule has 1 aromatic heterocycles. The SMILES string of the molecule is C=O.Cc1ccc2ncc3c(c2c1)N(CC[C@H]1CCC2COC[C@@H]2C1)CCO3. The second kappa shape index (κ2) is 8.48. The van der Waals surface area contributed by atoms with Gasteiger partial charge in [-0.2, -0.15) is 0 Å². The highest BCUT2D eigenvalue weighted by atomic mass is 16.5. The molecule has 2 fully saturated rings. The summed E-state index contributed by atoms with van der Waals surface area (Å²) in [6.07, 6.45) is 7.27. The smallest absolute Gasteiger partial charge is 0.161 e. The Morgan fingerprint density at radius 1 is 1.21 bits per heavy atom. The van der Waals surface area contributed by atoms with Gasteiger partial charge in [0.1, 0.15) is 13.4 Å². The molecule has 0 N–H and O–H groups in total. The third-order valence-electron chi connectivity index (χ3n) is 6.62. The van der Waals surface area contributed by atoms with Gasteiger partial charge in [-0.1, -0.05) is 18.1 Å². The quantitative estimate of drug-likeness (QED) is 0.803. The fourth-order valence-corrected chi connectivity index (χ4v) is 5.13. The first-order valence-corrected chi connectivity index (χ1v) is 10.4. The van der Waals surface area contributed by atoms with Gasteiger partial charge in [-0.3, -0.25) is 4.98 Å². The molecule has 5 heteroatoms. The van der Waals surface area contributed by atoms with Crippen LogP contribution in [0.1, 0.15) is 31.2 Å². The fourth-order valence-electron chi connectivity index (χ4n) is 5.13. The topological polar surface area (TPSA) is 51.7 Å². The van der Waals surface area contributed by atoms with E-state index in [9.17, 15) is 0 Å². The van der Waals surface area contributed by atoms with E-state index < -0.39 is 0 Å². The Hall–Kier alpha value is -2.14. The molecule has 1 saturated heterocycles. The first-order valence-electron chi connectivity index (χ1n) is 10.4. The molecule has 0 spiro atoms. The second-order valence-corrected chi connectivity index (χ2v) is 8.35. The van der Waals surface area contributed by atoms with Crippen LogP contribution in [-0.2, 0) is 9.53 Å². The molecule has 150 valence electrons. The summed E-state index contributed by atoms with van der Waals surface area (Å²) in [6, 6.07) is 6.51. The van der Waals surface area contributed by atoms with Crippen LogP contribution in [0.2, 0.25) is 0 Å². The Balaban J connectivity index is 0.000000932. The van der Waals surface area contributed by atoms with E-state index in [1.54, 1.807) is 0 Å². The zero-order valence-electron chi connectivity index (χ0n) is 16.7. The molecule has 5 nitrogen and oxygen atoms in total. The van der Waals surface area contributed by atoms with Crippen LogP contribution in [0.25, 0.3) is 10.9 Å². The molecule has 5 rings (SSSR count). The number of aromatic nitrogens is 1. The van der Waals surface area contributed by atoms with Crippen LogP contribution in [-0.4, -0.2) is 44.7 Å². The third kappa shape index (κ3) is 3.72. The summed E-state index contributed by atoms with van der Waals surface area (Å²) in [7, 11) is 0. The van der Waals surface area contributed by atoms with Gasteiger partial charge in [-0.15, -0.1) is 0 Å². The molecule has 0 radical (unpaired) electrons. The zero-order valence-corrected chi connectivity index (χ0v) is 16.7. The number of anilines is 1. The predicted octanol–water partition coefficient (Wildman–Crippen LogP) is 4.01. The van der Waals surface area contributed by atoms with Crippen molar-refractivity contribution in [2.45, 2.75) is 32.6 Å². The minimum Gasteiger partial charge on any atom is -0.488 e. The average Bonchev–Trinajstić information content (AvgIpc) is 3.21. The lowest BCUT2D eigenvalue weighted by Gasteiger charge is -2.35. The van der Waals surface area contributed by atoms with Crippen LogP contribution >= 0.6 is 0 Å². The predicted molar refractivity (Wildman–Crippen MR) is 111 cm³/mol. The highest BCUT2D eigenvalue weighted by Gasteiger charge is 2.34. The van der Waals surface area contributed by atoms with Gasteiger partial charge < -0.3 is 19.2 Å². The molecule has 1 saturated carbocycles. The van der Waals surface area contributed by atoms with Crippen molar-refractivity contribution in [1.82, 2.24) is 4.98 Å². The Bertz CT molecular complexity index is 825. The molecule has 3 heterocycles. The van der Waals surface area contributed by atoms with Gasteiger partial charge >= 0.3 is 0 Å². The molecule has 28 heavy (non-hydrogen) atoms. The second-order valence-electron chi connectivity index (χ2n) is 8.35. The number of pyridine rings is 1. The number of ether oxygens (including phenoxy) is 2. The molecule has 3 atom stereocenters. The van der Waals surface area contributed by atoms with E-state index in [-0.39, 0.29) is 0 Å². The van der Waals surface area contributed by atoms with E-state index in [0.29, 0.717) is 0 Å². The van der Waals surface area contributed by atoms with Crippen LogP contribution < -0.4 is 9.64 Å². The van der Waals surface area contributed by atoms with Crippen LogP contribution in [0.15, 0.2) is 24.4 Å². The molecule has 3 aliphatic rings. The first kappa shape index (κ1) is 19.2. The Labute approximate surface area is 167 Å². The lowest BCUT2D eigenvalue weighted by atomic mass is 9.75. The molecule has 1 aromatic carbocycles. The Morgan fingerprint density at radius 2 is 2.07 bits per heavy atom. The molecule has 0 bridgehead atoms. The minimum absolute atomic E-state index is 0.759. The summed E-state index contributed by atoms with van der Waals surface area (Å²) in [5, 5.41) is 1.23. The van der Waals surface area contributed by atoms with Gasteiger partial charge in [0, 0.05) is 25.1 Å². The van der Waals surface area contributed by atoms with Crippen molar-refractivity contribution in [1.29, 1.82) is 0 Å². The van der Waals surface area contributed by atoms with Crippen molar-refractivity contribution in [3.8, 4) is 5.75 Å². The number of rotatable bonds is 3. The number of hydrogen-bond acceptors (Lipinski definition) is 5. The van der Waals surface area contributed by atoms with Gasteiger partial charge in [0.15, 0.2) is 5.75 Å². The monoisotopic (exact) mass is 382 g/mol. The molecule has 1 unspecified atom stereocenters. The van der Waals surface area contributed by atoms with E-state index >= 15 is 0 Å². The molecule has 2 aromatic rings. The van der Waals surface area contributed by atoms with E-state index in [4.69, 9.17) is 14.3 Å². The van der Waals surface area contributed by atoms with Gasteiger partial charge in [-0.25, -0.2) is 0 Å². The summed E-state index contributed by atoms with van der Waals surface area (Å²) in [6.45, 7) is 9.00. The number of fused-ring (bicyclic) bond motifs is 4. The van der Waals surface area contributed by atoms with E-state index in [1.165, 1.54) is 42.3 Å². The summed E-state index contributed by atoms with van der Waals surface area (Å²) in [4.78, 5) is 15.1. The summed E-state index contributed by atoms with van der Waals surface area (Å²) in [5.41, 5.74) is 3.59. The zero-order chi connectivity index (χ0) is 19.5. The lowest BCUT2D eigenvalue weighted by molar-refractivity contribution is -0.0979. The molecule has 0 amide bonds. The maximum Gasteiger partial charge on any atom is 0.161 e. The van der Waals surface area contributed by atoms with Crippen molar-refractivity contribution in [2.75, 3.05) is 37.8 Å². The summed E-state index contributed by atoms with van der Waals surface area (Å²) < 4.78 is 11.6. The van der Waals surface area contributed by atoms with Crippen molar-refractivity contribution in [3.63, 3.8) is 0 Å². The molecular formula is C23H30N2O3. The van der Waals surface area contributed by atoms with Crippen molar-refractivity contribution < 1.29 is 14.3 Å². The number of nitrogens with zero attached hydrogens (tertiary/aromatic N) is 2. The van der Waals surface area contributed by atoms with E-state index in [0.717, 1.165) is 61.9 Å². The van der Waals surface area contributed by atoms with Crippen LogP contribution in [0.4, 0.5) is 5.69 Å². The number of aryl methyl sites for hydroxylation is 1. The normalized spacial score (nSPS) is 26.0. The van der Waals surface area contributed by atoms with Crippen molar-refractivity contribution in [3.05, 3.63) is 30.0 Å². The van der Waals surface area contributed by atoms with Crippen LogP contribution in [0, 0.1) is 24.7 Å². The number of hydrogen-bond donors (Lipinski definition) is 0. The van der Waals surface area contributed by atoms with Crippen molar-refractivity contribution in [2.24, 2.45) is 17.8 Å². The van der Waals surface area contributed by atoms with Crippen LogP contribution in [0.5, 0.6) is 5.75 Å². The average molecular weight is 383 g/mol. The Kier molecular flexibility index (Phi) is 5.81. The third-order valence-corrected chi connectivity index (χ3v) is 6.62. The first-order chi connectivity index (χ1) is 13.8. The molecule has 1 aliphatic carbocycles. The highest BCUT2D eigenvalue weighted by Crippen LogP contribution is 2.41. The standard InChI is InChI=1S/C22H28N2O2.CH2O/c1-15-2-5-20-19(10-15)22-21(12-23-20)26-9-8-24(22)7-6-16-3-4-17-13-25-14-18(17)11-16;1-2/h2,5,10,12,16-18H,3-4,6-9,11,13-14H2,1H3;1H2/t16-,17?,18+;/m1./s1. The van der Waals surface area contributed by atoms with Gasteiger partial charge in [0.2, 0.25) is 0 Å². The summed E-state index contributed by atoms with van der Waals surface area (Å²) >= 11 is 0. The maximum atomic E-state index is 8.00. The number of carbonyl (C=O) groups is 1. The number of benzene rings is 1. The van der Waals surface area contributed by atoms with Crippen LogP contribution in [0.3, 0.4) is 0 Å². The van der Waals surface area contributed by atoms with Gasteiger partial charge in [0.25, 0.3) is 0 Å². The lowest BCUT2D eigenvalue weighted by Crippen LogP contribution is -2.35. The fraction of sp³-hybridized carbons (Fsp3) is 0.565. The van der Waals surface area contributed by atoms with E-state index in [1.807, 2.05) is 13.0 Å². The van der Waals surface area contributed by atoms with Gasteiger partial charge in [0.05, 0.1) is 23.9 Å². The summed E-state index contributed by atoms with van der Waals surface area (Å²) in [5.74, 6) is 3.45. The highest BCUT2D eigenvalue weighted by molar-refractivity contribution is 5.95. The maximum absolute atomic E-state index is 8.00. The van der Waals surface area contributed by atoms with E-state index in [2.05, 4.69) is 35.0 Å². The Morgan fingerprint density at radius 3 is 2.96 bits per heavy atom.